The molecule has 120 valence electrons. The summed E-state index contributed by atoms with van der Waals surface area (Å²) in [5, 5.41) is 0. The molecule has 1 saturated carbocycles. The Morgan fingerprint density at radius 2 is 1.65 bits per heavy atom. The summed E-state index contributed by atoms with van der Waals surface area (Å²) >= 11 is 0. The number of benzene rings is 2. The molecule has 0 amide bonds. The summed E-state index contributed by atoms with van der Waals surface area (Å²) in [5.41, 5.74) is 3.59. The molecular formula is C20H22O3. The quantitative estimate of drug-likeness (QED) is 0.592. The lowest BCUT2D eigenvalue weighted by Crippen LogP contribution is -2.01. The lowest BCUT2D eigenvalue weighted by atomic mass is 9.93. The molecule has 3 nitrogen and oxygen atoms in total. The molecule has 0 saturated heterocycles. The van der Waals surface area contributed by atoms with Crippen molar-refractivity contribution in [3.63, 3.8) is 0 Å². The molecule has 2 aromatic rings. The highest BCUT2D eigenvalue weighted by Crippen LogP contribution is 2.40. The number of rotatable bonds is 4. The van der Waals surface area contributed by atoms with E-state index in [2.05, 4.69) is 18.2 Å². The van der Waals surface area contributed by atoms with Gasteiger partial charge in [0.1, 0.15) is 11.5 Å². The predicted molar refractivity (Wildman–Crippen MR) is 90.9 cm³/mol. The molecular weight excluding hydrogens is 288 g/mol. The van der Waals surface area contributed by atoms with Crippen LogP contribution in [0.2, 0.25) is 0 Å². The maximum absolute atomic E-state index is 11.0. The number of methoxy groups -OCH3 is 1. The average molecular weight is 310 g/mol. The first-order valence-corrected chi connectivity index (χ1v) is 8.14. The van der Waals surface area contributed by atoms with Crippen LogP contribution < -0.4 is 9.47 Å². The fourth-order valence-corrected chi connectivity index (χ4v) is 3.35. The van der Waals surface area contributed by atoms with Gasteiger partial charge < -0.3 is 9.47 Å². The molecule has 0 unspecified atom stereocenters. The molecule has 0 atom stereocenters. The van der Waals surface area contributed by atoms with Gasteiger partial charge in [-0.2, -0.15) is 0 Å². The van der Waals surface area contributed by atoms with Crippen LogP contribution in [-0.2, 0) is 4.79 Å². The van der Waals surface area contributed by atoms with Crippen molar-refractivity contribution < 1.29 is 14.3 Å². The zero-order chi connectivity index (χ0) is 16.2. The molecule has 23 heavy (non-hydrogen) atoms. The summed E-state index contributed by atoms with van der Waals surface area (Å²) in [6, 6.07) is 14.0. The van der Waals surface area contributed by atoms with E-state index in [1.165, 1.54) is 43.7 Å². The number of hydrogen-bond donors (Lipinski definition) is 0. The number of carbonyl (C=O) groups excluding carboxylic acids is 1. The van der Waals surface area contributed by atoms with Gasteiger partial charge >= 0.3 is 5.97 Å². The Hall–Kier alpha value is -2.29. The molecule has 3 rings (SSSR count). The summed E-state index contributed by atoms with van der Waals surface area (Å²) in [7, 11) is 1.74. The van der Waals surface area contributed by atoms with Crippen molar-refractivity contribution in [2.24, 2.45) is 0 Å². The van der Waals surface area contributed by atoms with E-state index in [0.717, 1.165) is 11.3 Å². The van der Waals surface area contributed by atoms with Crippen LogP contribution in [0.25, 0.3) is 11.1 Å². The second-order valence-corrected chi connectivity index (χ2v) is 6.06. The SMILES string of the molecule is COc1ccc(-c2ccc(OC(C)=O)cc2)cc1C1CCCC1. The zero-order valence-corrected chi connectivity index (χ0v) is 13.7. The fourth-order valence-electron chi connectivity index (χ4n) is 3.35. The summed E-state index contributed by atoms with van der Waals surface area (Å²) < 4.78 is 10.6. The minimum absolute atomic E-state index is 0.300. The Bertz CT molecular complexity index is 683. The van der Waals surface area contributed by atoms with Crippen molar-refractivity contribution in [2.45, 2.75) is 38.5 Å². The molecule has 1 aliphatic rings. The third-order valence-corrected chi connectivity index (χ3v) is 4.47. The van der Waals surface area contributed by atoms with Gasteiger partial charge in [0.2, 0.25) is 0 Å². The molecule has 1 fully saturated rings. The molecule has 1 aliphatic carbocycles. The van der Waals surface area contributed by atoms with Gasteiger partial charge in [0, 0.05) is 6.92 Å². The van der Waals surface area contributed by atoms with E-state index in [0.29, 0.717) is 11.7 Å². The third-order valence-electron chi connectivity index (χ3n) is 4.47. The van der Waals surface area contributed by atoms with E-state index in [1.54, 1.807) is 7.11 Å². The van der Waals surface area contributed by atoms with E-state index in [1.807, 2.05) is 24.3 Å². The van der Waals surface area contributed by atoms with Crippen molar-refractivity contribution >= 4 is 5.97 Å². The highest BCUT2D eigenvalue weighted by Gasteiger charge is 2.21. The number of carbonyl (C=O) groups is 1. The van der Waals surface area contributed by atoms with Crippen LogP contribution in [0.15, 0.2) is 42.5 Å². The van der Waals surface area contributed by atoms with Crippen molar-refractivity contribution in [1.82, 2.24) is 0 Å². The first-order valence-electron chi connectivity index (χ1n) is 8.14. The molecule has 0 heterocycles. The fraction of sp³-hybridized carbons (Fsp3) is 0.350. The molecule has 0 aliphatic heterocycles. The molecule has 0 radical (unpaired) electrons. The van der Waals surface area contributed by atoms with Gasteiger partial charge in [-0.25, -0.2) is 0 Å². The largest absolute Gasteiger partial charge is 0.496 e. The molecule has 2 aromatic carbocycles. The smallest absolute Gasteiger partial charge is 0.308 e. The van der Waals surface area contributed by atoms with Gasteiger partial charge in [-0.1, -0.05) is 31.0 Å². The molecule has 0 aromatic heterocycles. The third kappa shape index (κ3) is 3.55. The molecule has 0 bridgehead atoms. The standard InChI is InChI=1S/C20H22O3/c1-14(21)23-18-10-7-15(8-11-18)17-9-12-20(22-2)19(13-17)16-5-3-4-6-16/h7-13,16H,3-6H2,1-2H3. The molecule has 3 heteroatoms. The van der Waals surface area contributed by atoms with Crippen LogP contribution in [0, 0.1) is 0 Å². The van der Waals surface area contributed by atoms with Gasteiger partial charge in [-0.15, -0.1) is 0 Å². The Labute approximate surface area is 137 Å². The summed E-state index contributed by atoms with van der Waals surface area (Å²) in [5.74, 6) is 1.86. The molecule has 0 N–H and O–H groups in total. The van der Waals surface area contributed by atoms with Gasteiger partial charge in [0.25, 0.3) is 0 Å². The summed E-state index contributed by atoms with van der Waals surface area (Å²) in [4.78, 5) is 11.0. The Balaban J connectivity index is 1.90. The minimum Gasteiger partial charge on any atom is -0.496 e. The van der Waals surface area contributed by atoms with Crippen LogP contribution >= 0.6 is 0 Å². The number of hydrogen-bond acceptors (Lipinski definition) is 3. The Kier molecular flexibility index (Phi) is 4.65. The van der Waals surface area contributed by atoms with Crippen LogP contribution in [0.5, 0.6) is 11.5 Å². The second-order valence-electron chi connectivity index (χ2n) is 6.06. The Morgan fingerprint density at radius 1 is 1.00 bits per heavy atom. The molecule has 0 spiro atoms. The van der Waals surface area contributed by atoms with Gasteiger partial charge in [-0.3, -0.25) is 4.79 Å². The monoisotopic (exact) mass is 310 g/mol. The lowest BCUT2D eigenvalue weighted by Gasteiger charge is -2.16. The van der Waals surface area contributed by atoms with E-state index in [9.17, 15) is 4.79 Å². The van der Waals surface area contributed by atoms with E-state index in [4.69, 9.17) is 9.47 Å². The minimum atomic E-state index is -0.300. The van der Waals surface area contributed by atoms with Crippen molar-refractivity contribution in [3.8, 4) is 22.6 Å². The van der Waals surface area contributed by atoms with Crippen molar-refractivity contribution in [3.05, 3.63) is 48.0 Å². The van der Waals surface area contributed by atoms with Crippen molar-refractivity contribution in [1.29, 1.82) is 0 Å². The van der Waals surface area contributed by atoms with E-state index in [-0.39, 0.29) is 5.97 Å². The highest BCUT2D eigenvalue weighted by molar-refractivity contribution is 5.71. The lowest BCUT2D eigenvalue weighted by molar-refractivity contribution is -0.131. The van der Waals surface area contributed by atoms with E-state index >= 15 is 0 Å². The summed E-state index contributed by atoms with van der Waals surface area (Å²) in [6.45, 7) is 1.41. The first kappa shape index (κ1) is 15.6. The van der Waals surface area contributed by atoms with Gasteiger partial charge in [0.15, 0.2) is 0 Å². The normalized spacial score (nSPS) is 14.7. The van der Waals surface area contributed by atoms with E-state index < -0.39 is 0 Å². The average Bonchev–Trinajstić information content (AvgIpc) is 3.09. The van der Waals surface area contributed by atoms with Gasteiger partial charge in [-0.05, 0) is 59.7 Å². The van der Waals surface area contributed by atoms with Crippen LogP contribution in [-0.4, -0.2) is 13.1 Å². The zero-order valence-electron chi connectivity index (χ0n) is 13.7. The maximum atomic E-state index is 11.0. The topological polar surface area (TPSA) is 35.5 Å². The van der Waals surface area contributed by atoms with Crippen molar-refractivity contribution in [2.75, 3.05) is 7.11 Å². The maximum Gasteiger partial charge on any atom is 0.308 e. The first-order chi connectivity index (χ1) is 11.2. The van der Waals surface area contributed by atoms with Crippen LogP contribution in [0.4, 0.5) is 0 Å². The second kappa shape index (κ2) is 6.86. The summed E-state index contributed by atoms with van der Waals surface area (Å²) in [6.07, 6.45) is 5.08. The number of esters is 1. The number of ether oxygens (including phenoxy) is 2. The van der Waals surface area contributed by atoms with Crippen LogP contribution in [0.1, 0.15) is 44.1 Å². The van der Waals surface area contributed by atoms with Gasteiger partial charge in [0.05, 0.1) is 7.11 Å². The predicted octanol–water partition coefficient (Wildman–Crippen LogP) is 4.95. The highest BCUT2D eigenvalue weighted by atomic mass is 16.5. The Morgan fingerprint density at radius 3 is 2.26 bits per heavy atom. The van der Waals surface area contributed by atoms with Crippen LogP contribution in [0.3, 0.4) is 0 Å².